The Morgan fingerprint density at radius 2 is 1.69 bits per heavy atom. The second kappa shape index (κ2) is 5.61. The van der Waals surface area contributed by atoms with E-state index in [0.29, 0.717) is 0 Å². The Kier molecular flexibility index (Phi) is 5.57. The molecule has 1 aliphatic heterocycles. The second-order valence-corrected chi connectivity index (χ2v) is 4.13. The SMILES string of the molecule is CCC1CCCC[N+]1(CC)CC.[OH-]. The predicted octanol–water partition coefficient (Wildman–Crippen LogP) is 2.63. The summed E-state index contributed by atoms with van der Waals surface area (Å²) < 4.78 is 1.40. The van der Waals surface area contributed by atoms with Gasteiger partial charge in [0.15, 0.2) is 0 Å². The van der Waals surface area contributed by atoms with Crippen LogP contribution in [0, 0.1) is 0 Å². The fourth-order valence-electron chi connectivity index (χ4n) is 2.91. The number of hydrogen-bond acceptors (Lipinski definition) is 1. The van der Waals surface area contributed by atoms with Gasteiger partial charge in [-0.2, -0.15) is 0 Å². The molecule has 1 saturated heterocycles. The smallest absolute Gasteiger partial charge is 0.0887 e. The van der Waals surface area contributed by atoms with Crippen LogP contribution < -0.4 is 0 Å². The number of piperidine rings is 1. The molecule has 0 saturated carbocycles. The van der Waals surface area contributed by atoms with Crippen molar-refractivity contribution in [2.45, 2.75) is 52.5 Å². The molecule has 0 aliphatic carbocycles. The van der Waals surface area contributed by atoms with Crippen LogP contribution in [0.5, 0.6) is 0 Å². The lowest BCUT2D eigenvalue weighted by Crippen LogP contribution is -2.57. The quantitative estimate of drug-likeness (QED) is 0.625. The molecule has 13 heavy (non-hydrogen) atoms. The molecule has 0 amide bonds. The van der Waals surface area contributed by atoms with Crippen LogP contribution in [0.2, 0.25) is 0 Å². The van der Waals surface area contributed by atoms with Gasteiger partial charge in [-0.05, 0) is 39.5 Å². The topological polar surface area (TPSA) is 30.0 Å². The normalized spacial score (nSPS) is 26.5. The first-order chi connectivity index (χ1) is 5.79. The third-order valence-electron chi connectivity index (χ3n) is 3.90. The van der Waals surface area contributed by atoms with Crippen molar-refractivity contribution in [2.24, 2.45) is 0 Å². The Balaban J connectivity index is 0.00000144. The average Bonchev–Trinajstić information content (AvgIpc) is 2.17. The van der Waals surface area contributed by atoms with Crippen molar-refractivity contribution in [2.75, 3.05) is 19.6 Å². The number of nitrogens with zero attached hydrogens (tertiary/aromatic N) is 1. The molecule has 2 nitrogen and oxygen atoms in total. The molecule has 0 bridgehead atoms. The van der Waals surface area contributed by atoms with E-state index in [2.05, 4.69) is 20.8 Å². The molecule has 1 fully saturated rings. The van der Waals surface area contributed by atoms with Crippen LogP contribution in [-0.4, -0.2) is 35.6 Å². The molecule has 1 aliphatic rings. The van der Waals surface area contributed by atoms with Crippen molar-refractivity contribution in [3.05, 3.63) is 0 Å². The van der Waals surface area contributed by atoms with E-state index in [1.807, 2.05) is 0 Å². The van der Waals surface area contributed by atoms with Crippen molar-refractivity contribution in [3.63, 3.8) is 0 Å². The lowest BCUT2D eigenvalue weighted by atomic mass is 9.96. The van der Waals surface area contributed by atoms with Crippen molar-refractivity contribution < 1.29 is 9.96 Å². The summed E-state index contributed by atoms with van der Waals surface area (Å²) in [4.78, 5) is 0. The van der Waals surface area contributed by atoms with Gasteiger partial charge in [-0.3, -0.25) is 0 Å². The lowest BCUT2D eigenvalue weighted by Gasteiger charge is -2.46. The zero-order valence-corrected chi connectivity index (χ0v) is 9.42. The van der Waals surface area contributed by atoms with E-state index in [1.54, 1.807) is 0 Å². The van der Waals surface area contributed by atoms with Crippen molar-refractivity contribution in [1.29, 1.82) is 0 Å². The Hall–Kier alpha value is -0.0800. The lowest BCUT2D eigenvalue weighted by molar-refractivity contribution is -0.953. The maximum Gasteiger partial charge on any atom is 0.0887 e. The van der Waals surface area contributed by atoms with Gasteiger partial charge in [-0.1, -0.05) is 6.92 Å². The molecule has 1 unspecified atom stereocenters. The molecule has 0 aromatic heterocycles. The van der Waals surface area contributed by atoms with Gasteiger partial charge in [-0.25, -0.2) is 0 Å². The molecule has 0 aromatic carbocycles. The number of likely N-dealkylation sites (tertiary alicyclic amines) is 1. The molecule has 1 rings (SSSR count). The van der Waals surface area contributed by atoms with E-state index in [0.717, 1.165) is 6.04 Å². The molecular formula is C11H25NO. The van der Waals surface area contributed by atoms with Gasteiger partial charge in [0.05, 0.1) is 25.7 Å². The highest BCUT2D eigenvalue weighted by molar-refractivity contribution is 4.64. The third kappa shape index (κ3) is 2.44. The van der Waals surface area contributed by atoms with E-state index in [-0.39, 0.29) is 5.48 Å². The van der Waals surface area contributed by atoms with Gasteiger partial charge < -0.3 is 9.96 Å². The summed E-state index contributed by atoms with van der Waals surface area (Å²) in [7, 11) is 0. The van der Waals surface area contributed by atoms with E-state index in [1.165, 1.54) is 49.8 Å². The first kappa shape index (κ1) is 12.9. The van der Waals surface area contributed by atoms with E-state index < -0.39 is 0 Å². The minimum Gasteiger partial charge on any atom is -0.870 e. The fraction of sp³-hybridized carbons (Fsp3) is 1.00. The standard InChI is InChI=1S/C11H24N.H2O/c1-4-11-9-7-8-10-12(11,5-2)6-3;/h11H,4-10H2,1-3H3;1H2/q+1;/p-1. The van der Waals surface area contributed by atoms with E-state index >= 15 is 0 Å². The summed E-state index contributed by atoms with van der Waals surface area (Å²) in [5, 5.41) is 0. The van der Waals surface area contributed by atoms with Gasteiger partial charge in [0, 0.05) is 0 Å². The van der Waals surface area contributed by atoms with Crippen molar-refractivity contribution in [1.82, 2.24) is 0 Å². The van der Waals surface area contributed by atoms with Crippen LogP contribution in [-0.2, 0) is 0 Å². The molecule has 1 heterocycles. The molecule has 1 N–H and O–H groups in total. The summed E-state index contributed by atoms with van der Waals surface area (Å²) in [5.74, 6) is 0. The first-order valence-corrected chi connectivity index (χ1v) is 5.64. The predicted molar refractivity (Wildman–Crippen MR) is 56.1 cm³/mol. The van der Waals surface area contributed by atoms with Crippen LogP contribution in [0.4, 0.5) is 0 Å². The number of quaternary nitrogens is 1. The van der Waals surface area contributed by atoms with E-state index in [4.69, 9.17) is 0 Å². The minimum absolute atomic E-state index is 0. The van der Waals surface area contributed by atoms with Crippen LogP contribution >= 0.6 is 0 Å². The zero-order chi connectivity index (χ0) is 9.03. The summed E-state index contributed by atoms with van der Waals surface area (Å²) in [6.45, 7) is 11.2. The first-order valence-electron chi connectivity index (χ1n) is 5.64. The second-order valence-electron chi connectivity index (χ2n) is 4.13. The largest absolute Gasteiger partial charge is 0.870 e. The highest BCUT2D eigenvalue weighted by Crippen LogP contribution is 2.27. The Labute approximate surface area is 82.8 Å². The van der Waals surface area contributed by atoms with E-state index in [9.17, 15) is 0 Å². The summed E-state index contributed by atoms with van der Waals surface area (Å²) in [5.41, 5.74) is 0. The van der Waals surface area contributed by atoms with Gasteiger partial charge in [-0.15, -0.1) is 0 Å². The minimum atomic E-state index is 0. The molecule has 2 heteroatoms. The average molecular weight is 187 g/mol. The Bertz CT molecular complexity index is 132. The highest BCUT2D eigenvalue weighted by Gasteiger charge is 2.34. The fourth-order valence-corrected chi connectivity index (χ4v) is 2.91. The summed E-state index contributed by atoms with van der Waals surface area (Å²) in [6, 6.07) is 0.966. The highest BCUT2D eigenvalue weighted by atomic mass is 16.0. The number of rotatable bonds is 3. The Morgan fingerprint density at radius 3 is 2.08 bits per heavy atom. The maximum atomic E-state index is 2.36. The van der Waals surface area contributed by atoms with Crippen molar-refractivity contribution in [3.8, 4) is 0 Å². The van der Waals surface area contributed by atoms with Gasteiger partial charge in [0.25, 0.3) is 0 Å². The molecule has 0 spiro atoms. The van der Waals surface area contributed by atoms with Crippen LogP contribution in [0.15, 0.2) is 0 Å². The monoisotopic (exact) mass is 187 g/mol. The van der Waals surface area contributed by atoms with Gasteiger partial charge in [0.2, 0.25) is 0 Å². The molecular weight excluding hydrogens is 162 g/mol. The van der Waals surface area contributed by atoms with Gasteiger partial charge in [0.1, 0.15) is 0 Å². The zero-order valence-electron chi connectivity index (χ0n) is 9.42. The van der Waals surface area contributed by atoms with Crippen LogP contribution in [0.25, 0.3) is 0 Å². The summed E-state index contributed by atoms with van der Waals surface area (Å²) >= 11 is 0. The van der Waals surface area contributed by atoms with Crippen molar-refractivity contribution >= 4 is 0 Å². The molecule has 1 atom stereocenters. The van der Waals surface area contributed by atoms with Gasteiger partial charge >= 0.3 is 0 Å². The summed E-state index contributed by atoms with van der Waals surface area (Å²) in [6.07, 6.45) is 5.77. The third-order valence-corrected chi connectivity index (χ3v) is 3.90. The molecule has 0 radical (unpaired) electrons. The number of hydrogen-bond donors (Lipinski definition) is 0. The molecule has 80 valence electrons. The van der Waals surface area contributed by atoms with Crippen LogP contribution in [0.1, 0.15) is 46.5 Å². The maximum absolute atomic E-state index is 2.36. The van der Waals surface area contributed by atoms with Crippen LogP contribution in [0.3, 0.4) is 0 Å². The molecule has 0 aromatic rings. The Morgan fingerprint density at radius 1 is 1.08 bits per heavy atom.